The van der Waals surface area contributed by atoms with Crippen LogP contribution in [0.3, 0.4) is 0 Å². The summed E-state index contributed by atoms with van der Waals surface area (Å²) in [6, 6.07) is 0. The van der Waals surface area contributed by atoms with Gasteiger partial charge in [0, 0.05) is 56.1 Å². The lowest BCUT2D eigenvalue weighted by molar-refractivity contribution is -0.140. The highest BCUT2D eigenvalue weighted by molar-refractivity contribution is 7.10. The molecule has 0 saturated carbocycles. The maximum atomic E-state index is 12.7. The molecule has 1 saturated heterocycles. The monoisotopic (exact) mass is 433 g/mol. The van der Waals surface area contributed by atoms with Gasteiger partial charge in [-0.1, -0.05) is 6.92 Å². The van der Waals surface area contributed by atoms with Gasteiger partial charge in [0.2, 0.25) is 5.13 Å². The molecule has 1 aliphatic rings. The van der Waals surface area contributed by atoms with Gasteiger partial charge in [0.1, 0.15) is 10.8 Å². The van der Waals surface area contributed by atoms with E-state index >= 15 is 0 Å². The van der Waals surface area contributed by atoms with Crippen LogP contribution in [0, 0.1) is 0 Å². The molecule has 0 spiro atoms. The zero-order valence-corrected chi connectivity index (χ0v) is 17.3. The van der Waals surface area contributed by atoms with Crippen molar-refractivity contribution in [3.8, 4) is 0 Å². The molecule has 0 amide bonds. The van der Waals surface area contributed by atoms with Gasteiger partial charge in [-0.2, -0.15) is 17.5 Å². The molecule has 0 aromatic carbocycles. The highest BCUT2D eigenvalue weighted by Gasteiger charge is 2.33. The number of halogens is 3. The number of nitrogens with zero attached hydrogens (tertiary/aromatic N) is 6. The van der Waals surface area contributed by atoms with Crippen molar-refractivity contribution in [1.82, 2.24) is 24.6 Å². The Kier molecular flexibility index (Phi) is 6.70. The lowest BCUT2D eigenvalue weighted by Gasteiger charge is -2.36. The van der Waals surface area contributed by atoms with Crippen molar-refractivity contribution in [1.29, 1.82) is 0 Å². The standard InChI is InChI=1S/C16H22F3N7S2/c1-3-12-23-15(28-24-12)26-7-5-25(6-8-26)14(20-4-2)21-9-13-22-11(10-27-13)16(17,18)19/h10H,3-9H2,1-2H3,(H,20,21). The molecule has 7 nitrogen and oxygen atoms in total. The molecule has 0 atom stereocenters. The molecule has 3 heterocycles. The number of alkyl halides is 3. The predicted molar refractivity (Wildman–Crippen MR) is 105 cm³/mol. The van der Waals surface area contributed by atoms with Gasteiger partial charge in [-0.15, -0.1) is 11.3 Å². The van der Waals surface area contributed by atoms with Gasteiger partial charge in [-0.25, -0.2) is 15.0 Å². The summed E-state index contributed by atoms with van der Waals surface area (Å²) in [4.78, 5) is 17.0. The second-order valence-electron chi connectivity index (χ2n) is 6.12. The van der Waals surface area contributed by atoms with E-state index in [2.05, 4.69) is 34.5 Å². The Morgan fingerprint density at radius 2 is 1.96 bits per heavy atom. The van der Waals surface area contributed by atoms with Crippen molar-refractivity contribution < 1.29 is 13.2 Å². The fourth-order valence-corrected chi connectivity index (χ4v) is 4.23. The van der Waals surface area contributed by atoms with Crippen LogP contribution < -0.4 is 10.2 Å². The van der Waals surface area contributed by atoms with Crippen LogP contribution in [0.2, 0.25) is 0 Å². The summed E-state index contributed by atoms with van der Waals surface area (Å²) in [6.07, 6.45) is -3.60. The molecule has 0 bridgehead atoms. The van der Waals surface area contributed by atoms with Crippen LogP contribution in [-0.4, -0.2) is 57.9 Å². The molecule has 12 heteroatoms. The van der Waals surface area contributed by atoms with E-state index in [9.17, 15) is 13.2 Å². The highest BCUT2D eigenvalue weighted by Crippen LogP contribution is 2.30. The minimum atomic E-state index is -4.42. The van der Waals surface area contributed by atoms with Crippen LogP contribution in [0.4, 0.5) is 18.3 Å². The van der Waals surface area contributed by atoms with E-state index in [-0.39, 0.29) is 6.54 Å². The van der Waals surface area contributed by atoms with Crippen LogP contribution in [0.15, 0.2) is 10.4 Å². The van der Waals surface area contributed by atoms with Gasteiger partial charge in [0.15, 0.2) is 11.7 Å². The van der Waals surface area contributed by atoms with Crippen LogP contribution >= 0.6 is 22.9 Å². The Labute approximate surface area is 169 Å². The number of aliphatic imine (C=N–C) groups is 1. The van der Waals surface area contributed by atoms with Crippen LogP contribution in [-0.2, 0) is 19.1 Å². The third-order valence-corrected chi connectivity index (χ3v) is 5.81. The minimum Gasteiger partial charge on any atom is -0.357 e. The number of piperazine rings is 1. The molecule has 2 aromatic rings. The van der Waals surface area contributed by atoms with Crippen molar-refractivity contribution >= 4 is 34.0 Å². The SMILES string of the molecule is CCNC(=NCc1nc(C(F)(F)F)cs1)N1CCN(c2nc(CC)ns2)CC1. The summed E-state index contributed by atoms with van der Waals surface area (Å²) in [7, 11) is 0. The van der Waals surface area contributed by atoms with Crippen molar-refractivity contribution in [2.24, 2.45) is 4.99 Å². The molecule has 0 radical (unpaired) electrons. The van der Waals surface area contributed by atoms with Crippen molar-refractivity contribution in [2.75, 3.05) is 37.6 Å². The fraction of sp³-hybridized carbons (Fsp3) is 0.625. The van der Waals surface area contributed by atoms with Crippen LogP contribution in [0.25, 0.3) is 0 Å². The first-order valence-corrected chi connectivity index (χ1v) is 10.7. The third-order valence-electron chi connectivity index (χ3n) is 4.16. The van der Waals surface area contributed by atoms with Crippen molar-refractivity contribution in [2.45, 2.75) is 33.0 Å². The summed E-state index contributed by atoms with van der Waals surface area (Å²) in [5.41, 5.74) is -0.857. The van der Waals surface area contributed by atoms with Gasteiger partial charge in [0.05, 0.1) is 6.54 Å². The Hall–Kier alpha value is -1.95. The molecule has 0 aliphatic carbocycles. The summed E-state index contributed by atoms with van der Waals surface area (Å²) in [5, 5.41) is 5.53. The van der Waals surface area contributed by atoms with E-state index < -0.39 is 11.9 Å². The number of hydrogen-bond donors (Lipinski definition) is 1. The van der Waals surface area contributed by atoms with Crippen LogP contribution in [0.5, 0.6) is 0 Å². The molecule has 1 N–H and O–H groups in total. The number of hydrogen-bond acceptors (Lipinski definition) is 7. The number of aromatic nitrogens is 3. The first kappa shape index (κ1) is 20.8. The highest BCUT2D eigenvalue weighted by atomic mass is 32.1. The quantitative estimate of drug-likeness (QED) is 0.578. The summed E-state index contributed by atoms with van der Waals surface area (Å²) >= 11 is 2.39. The number of aryl methyl sites for hydroxylation is 1. The molecular formula is C16H22F3N7S2. The lowest BCUT2D eigenvalue weighted by atomic mass is 10.3. The molecule has 1 fully saturated rings. The lowest BCUT2D eigenvalue weighted by Crippen LogP contribution is -2.52. The number of thiazole rings is 1. The predicted octanol–water partition coefficient (Wildman–Crippen LogP) is 2.86. The van der Waals surface area contributed by atoms with E-state index in [0.29, 0.717) is 17.5 Å². The maximum Gasteiger partial charge on any atom is 0.434 e. The number of rotatable bonds is 5. The number of nitrogens with one attached hydrogen (secondary N) is 1. The summed E-state index contributed by atoms with van der Waals surface area (Å²) < 4.78 is 42.4. The first-order chi connectivity index (χ1) is 13.4. The van der Waals surface area contributed by atoms with Gasteiger partial charge in [-0.05, 0) is 6.92 Å². The Bertz CT molecular complexity index is 794. The van der Waals surface area contributed by atoms with E-state index in [1.54, 1.807) is 0 Å². The second-order valence-corrected chi connectivity index (χ2v) is 7.79. The largest absolute Gasteiger partial charge is 0.434 e. The van der Waals surface area contributed by atoms with Gasteiger partial charge in [0.25, 0.3) is 0 Å². The molecule has 1 aliphatic heterocycles. The Balaban J connectivity index is 1.61. The maximum absolute atomic E-state index is 12.7. The first-order valence-electron chi connectivity index (χ1n) is 9.03. The van der Waals surface area contributed by atoms with E-state index in [1.807, 2.05) is 13.8 Å². The van der Waals surface area contributed by atoms with E-state index in [1.165, 1.54) is 11.5 Å². The van der Waals surface area contributed by atoms with Crippen molar-refractivity contribution in [3.63, 3.8) is 0 Å². The minimum absolute atomic E-state index is 0.125. The zero-order valence-electron chi connectivity index (χ0n) is 15.7. The Morgan fingerprint density at radius 1 is 1.21 bits per heavy atom. The molecule has 28 heavy (non-hydrogen) atoms. The molecule has 3 rings (SSSR count). The fourth-order valence-electron chi connectivity index (χ4n) is 2.71. The third kappa shape index (κ3) is 5.10. The summed E-state index contributed by atoms with van der Waals surface area (Å²) in [6.45, 7) is 7.88. The van der Waals surface area contributed by atoms with Gasteiger partial charge >= 0.3 is 6.18 Å². The number of guanidine groups is 1. The van der Waals surface area contributed by atoms with Gasteiger partial charge in [-0.3, -0.25) is 0 Å². The average molecular weight is 434 g/mol. The van der Waals surface area contributed by atoms with Gasteiger partial charge < -0.3 is 15.1 Å². The molecular weight excluding hydrogens is 411 g/mol. The number of anilines is 1. The van der Waals surface area contributed by atoms with Crippen molar-refractivity contribution in [3.05, 3.63) is 21.9 Å². The zero-order chi connectivity index (χ0) is 20.1. The topological polar surface area (TPSA) is 69.5 Å². The molecule has 154 valence electrons. The second kappa shape index (κ2) is 9.03. The molecule has 0 unspecified atom stereocenters. The van der Waals surface area contributed by atoms with E-state index in [4.69, 9.17) is 0 Å². The summed E-state index contributed by atoms with van der Waals surface area (Å²) in [5.74, 6) is 1.55. The Morgan fingerprint density at radius 3 is 2.54 bits per heavy atom. The normalized spacial score (nSPS) is 16.0. The van der Waals surface area contributed by atoms with E-state index in [0.717, 1.165) is 60.3 Å². The smallest absolute Gasteiger partial charge is 0.357 e. The molecule has 2 aromatic heterocycles. The van der Waals surface area contributed by atoms with Crippen LogP contribution in [0.1, 0.15) is 30.4 Å². The average Bonchev–Trinajstić information content (AvgIpc) is 3.34.